The lowest BCUT2D eigenvalue weighted by Crippen LogP contribution is -2.18. The first kappa shape index (κ1) is 11.7. The minimum Gasteiger partial charge on any atom is -0.289 e. The Kier molecular flexibility index (Phi) is 3.80. The lowest BCUT2D eigenvalue weighted by atomic mass is 10.0. The summed E-state index contributed by atoms with van der Waals surface area (Å²) < 4.78 is 13.3. The maximum atomic E-state index is 13.3. The predicted molar refractivity (Wildman–Crippen MR) is 54.1 cm³/mol. The Morgan fingerprint density at radius 3 is 2.40 bits per heavy atom. The minimum atomic E-state index is -0.436. The van der Waals surface area contributed by atoms with Gasteiger partial charge in [-0.1, -0.05) is 12.1 Å². The molecule has 0 spiro atoms. The molecule has 1 amide bonds. The van der Waals surface area contributed by atoms with Gasteiger partial charge in [0.25, 0.3) is 0 Å². The number of hydrogen-bond acceptors (Lipinski definition) is 2. The van der Waals surface area contributed by atoms with E-state index in [9.17, 15) is 9.18 Å². The molecular formula is C11H14FNO2. The highest BCUT2D eigenvalue weighted by atomic mass is 19.1. The van der Waals surface area contributed by atoms with Crippen molar-refractivity contribution >= 4 is 5.91 Å². The van der Waals surface area contributed by atoms with Crippen LogP contribution in [0.5, 0.6) is 0 Å². The van der Waals surface area contributed by atoms with Crippen LogP contribution in [0.2, 0.25) is 0 Å². The Morgan fingerprint density at radius 1 is 1.40 bits per heavy atom. The van der Waals surface area contributed by atoms with E-state index in [2.05, 4.69) is 0 Å². The zero-order valence-corrected chi connectivity index (χ0v) is 8.80. The molecule has 0 unspecified atom stereocenters. The van der Waals surface area contributed by atoms with Crippen molar-refractivity contribution in [2.24, 2.45) is 0 Å². The first-order valence-electron chi connectivity index (χ1n) is 4.73. The topological polar surface area (TPSA) is 49.3 Å². The quantitative estimate of drug-likeness (QED) is 0.592. The normalized spacial score (nSPS) is 10.1. The standard InChI is InChI=1S/C11H14FNO2/c1-7-5-9(3-4-10(14)13-15)6-8(2)11(7)12/h5-6,15H,3-4H2,1-2H3,(H,13,14). The van der Waals surface area contributed by atoms with Crippen LogP contribution in [0.15, 0.2) is 12.1 Å². The van der Waals surface area contributed by atoms with Gasteiger partial charge in [-0.15, -0.1) is 0 Å². The first-order valence-corrected chi connectivity index (χ1v) is 4.73. The van der Waals surface area contributed by atoms with Gasteiger partial charge in [0.05, 0.1) is 0 Å². The molecule has 0 atom stereocenters. The lowest BCUT2D eigenvalue weighted by Gasteiger charge is -2.06. The van der Waals surface area contributed by atoms with Crippen LogP contribution >= 0.6 is 0 Å². The summed E-state index contributed by atoms with van der Waals surface area (Å²) in [5, 5.41) is 8.31. The molecule has 4 heteroatoms. The fourth-order valence-corrected chi connectivity index (χ4v) is 1.49. The Bertz CT molecular complexity index is 354. The van der Waals surface area contributed by atoms with E-state index in [0.717, 1.165) is 5.56 Å². The molecule has 0 aliphatic heterocycles. The molecule has 3 nitrogen and oxygen atoms in total. The molecule has 0 aromatic heterocycles. The molecule has 0 fully saturated rings. The number of amides is 1. The number of carbonyl (C=O) groups is 1. The summed E-state index contributed by atoms with van der Waals surface area (Å²) in [6, 6.07) is 3.43. The fourth-order valence-electron chi connectivity index (χ4n) is 1.49. The van der Waals surface area contributed by atoms with Crippen molar-refractivity contribution < 1.29 is 14.4 Å². The summed E-state index contributed by atoms with van der Waals surface area (Å²) in [6.45, 7) is 3.38. The average Bonchev–Trinajstić information content (AvgIpc) is 2.22. The third-order valence-corrected chi connectivity index (χ3v) is 2.26. The molecule has 2 N–H and O–H groups in total. The van der Waals surface area contributed by atoms with Crippen LogP contribution in [-0.4, -0.2) is 11.1 Å². The molecule has 1 aromatic rings. The van der Waals surface area contributed by atoms with Crippen molar-refractivity contribution in [3.05, 3.63) is 34.6 Å². The molecular weight excluding hydrogens is 197 g/mol. The molecule has 0 heterocycles. The van der Waals surface area contributed by atoms with Crippen LogP contribution < -0.4 is 5.48 Å². The molecule has 0 saturated heterocycles. The molecule has 15 heavy (non-hydrogen) atoms. The van der Waals surface area contributed by atoms with E-state index in [0.29, 0.717) is 17.5 Å². The molecule has 1 rings (SSSR count). The second-order valence-electron chi connectivity index (χ2n) is 3.58. The summed E-state index contributed by atoms with van der Waals surface area (Å²) in [7, 11) is 0. The maximum absolute atomic E-state index is 13.3. The van der Waals surface area contributed by atoms with E-state index >= 15 is 0 Å². The van der Waals surface area contributed by atoms with Gasteiger partial charge in [0, 0.05) is 6.42 Å². The summed E-state index contributed by atoms with van der Waals surface area (Å²) in [4.78, 5) is 10.8. The first-order chi connectivity index (χ1) is 7.04. The molecule has 1 aromatic carbocycles. The highest BCUT2D eigenvalue weighted by molar-refractivity contribution is 5.74. The molecule has 0 bridgehead atoms. The maximum Gasteiger partial charge on any atom is 0.243 e. The molecule has 0 aliphatic carbocycles. The van der Waals surface area contributed by atoms with Gasteiger partial charge in [-0.3, -0.25) is 10.0 Å². The number of hydrogen-bond donors (Lipinski definition) is 2. The van der Waals surface area contributed by atoms with Crippen molar-refractivity contribution in [2.75, 3.05) is 0 Å². The summed E-state index contributed by atoms with van der Waals surface area (Å²) >= 11 is 0. The minimum absolute atomic E-state index is 0.195. The van der Waals surface area contributed by atoms with E-state index in [4.69, 9.17) is 5.21 Å². The smallest absolute Gasteiger partial charge is 0.243 e. The van der Waals surface area contributed by atoms with E-state index in [1.807, 2.05) is 0 Å². The van der Waals surface area contributed by atoms with Crippen LogP contribution in [0.25, 0.3) is 0 Å². The lowest BCUT2D eigenvalue weighted by molar-refractivity contribution is -0.129. The van der Waals surface area contributed by atoms with Crippen LogP contribution in [-0.2, 0) is 11.2 Å². The largest absolute Gasteiger partial charge is 0.289 e. The Labute approximate surface area is 87.9 Å². The van der Waals surface area contributed by atoms with Gasteiger partial charge in [0.15, 0.2) is 0 Å². The van der Waals surface area contributed by atoms with Crippen molar-refractivity contribution in [3.8, 4) is 0 Å². The number of carbonyl (C=O) groups excluding carboxylic acids is 1. The third-order valence-electron chi connectivity index (χ3n) is 2.26. The molecule has 0 saturated carbocycles. The van der Waals surface area contributed by atoms with E-state index < -0.39 is 5.91 Å². The van der Waals surface area contributed by atoms with E-state index in [-0.39, 0.29) is 12.2 Å². The van der Waals surface area contributed by atoms with E-state index in [1.54, 1.807) is 31.5 Å². The second kappa shape index (κ2) is 4.89. The third kappa shape index (κ3) is 3.02. The second-order valence-corrected chi connectivity index (χ2v) is 3.58. The average molecular weight is 211 g/mol. The number of halogens is 1. The summed E-state index contributed by atoms with van der Waals surface area (Å²) in [6.07, 6.45) is 0.690. The van der Waals surface area contributed by atoms with Crippen molar-refractivity contribution in [3.63, 3.8) is 0 Å². The van der Waals surface area contributed by atoms with Gasteiger partial charge in [-0.05, 0) is 37.0 Å². The number of benzene rings is 1. The number of hydroxylamine groups is 1. The highest BCUT2D eigenvalue weighted by Gasteiger charge is 2.06. The van der Waals surface area contributed by atoms with E-state index in [1.165, 1.54) is 0 Å². The highest BCUT2D eigenvalue weighted by Crippen LogP contribution is 2.15. The van der Waals surface area contributed by atoms with Crippen LogP contribution in [0.1, 0.15) is 23.1 Å². The van der Waals surface area contributed by atoms with Crippen LogP contribution in [0.3, 0.4) is 0 Å². The Hall–Kier alpha value is -1.42. The zero-order chi connectivity index (χ0) is 11.4. The number of rotatable bonds is 3. The van der Waals surface area contributed by atoms with Gasteiger partial charge in [-0.2, -0.15) is 0 Å². The number of aryl methyl sites for hydroxylation is 3. The van der Waals surface area contributed by atoms with Gasteiger partial charge in [-0.25, -0.2) is 9.87 Å². The van der Waals surface area contributed by atoms with Crippen molar-refractivity contribution in [1.82, 2.24) is 5.48 Å². The predicted octanol–water partition coefficient (Wildman–Crippen LogP) is 1.88. The van der Waals surface area contributed by atoms with Crippen LogP contribution in [0.4, 0.5) is 4.39 Å². The molecule has 0 radical (unpaired) electrons. The van der Waals surface area contributed by atoms with Crippen molar-refractivity contribution in [2.45, 2.75) is 26.7 Å². The summed E-state index contributed by atoms with van der Waals surface area (Å²) in [5.41, 5.74) is 3.62. The summed E-state index contributed by atoms with van der Waals surface area (Å²) in [5.74, 6) is -0.639. The van der Waals surface area contributed by atoms with Crippen LogP contribution in [0, 0.1) is 19.7 Å². The Balaban J connectivity index is 2.75. The SMILES string of the molecule is Cc1cc(CCC(=O)NO)cc(C)c1F. The van der Waals surface area contributed by atoms with Gasteiger partial charge >= 0.3 is 0 Å². The van der Waals surface area contributed by atoms with Gasteiger partial charge < -0.3 is 0 Å². The zero-order valence-electron chi connectivity index (χ0n) is 8.80. The van der Waals surface area contributed by atoms with Gasteiger partial charge in [0.2, 0.25) is 5.91 Å². The fraction of sp³-hybridized carbons (Fsp3) is 0.364. The Morgan fingerprint density at radius 2 is 1.93 bits per heavy atom. The van der Waals surface area contributed by atoms with Crippen molar-refractivity contribution in [1.29, 1.82) is 0 Å². The monoisotopic (exact) mass is 211 g/mol. The van der Waals surface area contributed by atoms with Gasteiger partial charge in [0.1, 0.15) is 5.82 Å². The molecule has 0 aliphatic rings. The molecule has 82 valence electrons. The number of nitrogens with one attached hydrogen (secondary N) is 1.